The summed E-state index contributed by atoms with van der Waals surface area (Å²) in [4.78, 5) is 0. The van der Waals surface area contributed by atoms with Gasteiger partial charge in [0.1, 0.15) is 0 Å². The van der Waals surface area contributed by atoms with E-state index in [2.05, 4.69) is 17.3 Å². The van der Waals surface area contributed by atoms with Gasteiger partial charge in [0.2, 0.25) is 0 Å². The van der Waals surface area contributed by atoms with Crippen molar-refractivity contribution < 1.29 is 5.11 Å². The topological polar surface area (TPSA) is 50.1 Å². The molecule has 1 aromatic heterocycles. The van der Waals surface area contributed by atoms with Crippen molar-refractivity contribution in [2.24, 2.45) is 7.05 Å². The van der Waals surface area contributed by atoms with E-state index >= 15 is 0 Å². The third-order valence-corrected chi connectivity index (χ3v) is 2.24. The molecule has 0 aliphatic heterocycles. The van der Waals surface area contributed by atoms with Crippen LogP contribution in [-0.4, -0.2) is 27.5 Å². The van der Waals surface area contributed by atoms with Gasteiger partial charge in [-0.05, 0) is 20.8 Å². The summed E-state index contributed by atoms with van der Waals surface area (Å²) >= 11 is 0. The lowest BCUT2D eigenvalue weighted by Crippen LogP contribution is -2.27. The van der Waals surface area contributed by atoms with Crippen LogP contribution in [0.5, 0.6) is 0 Å². The zero-order valence-corrected chi connectivity index (χ0v) is 9.28. The first kappa shape index (κ1) is 11.2. The fourth-order valence-corrected chi connectivity index (χ4v) is 1.50. The van der Waals surface area contributed by atoms with Gasteiger partial charge in [-0.2, -0.15) is 5.10 Å². The number of rotatable bonds is 4. The van der Waals surface area contributed by atoms with Crippen LogP contribution < -0.4 is 5.32 Å². The van der Waals surface area contributed by atoms with Crippen molar-refractivity contribution in [1.82, 2.24) is 15.1 Å². The molecule has 0 aromatic carbocycles. The second kappa shape index (κ2) is 4.57. The van der Waals surface area contributed by atoms with Crippen LogP contribution in [0.3, 0.4) is 0 Å². The third-order valence-electron chi connectivity index (χ3n) is 2.24. The van der Waals surface area contributed by atoms with Gasteiger partial charge in [-0.3, -0.25) is 4.68 Å². The predicted octanol–water partition coefficient (Wildman–Crippen LogP) is 0.760. The van der Waals surface area contributed by atoms with E-state index in [0.717, 1.165) is 5.69 Å². The summed E-state index contributed by atoms with van der Waals surface area (Å²) in [5, 5.41) is 16.7. The van der Waals surface area contributed by atoms with Gasteiger partial charge in [0.15, 0.2) is 0 Å². The van der Waals surface area contributed by atoms with Crippen LogP contribution in [0.25, 0.3) is 0 Å². The number of hydrogen-bond acceptors (Lipinski definition) is 3. The summed E-state index contributed by atoms with van der Waals surface area (Å²) < 4.78 is 1.81. The molecule has 1 aromatic rings. The van der Waals surface area contributed by atoms with Crippen LogP contribution in [0.1, 0.15) is 31.1 Å². The fraction of sp³-hybridized carbons (Fsp3) is 0.700. The molecule has 0 aliphatic carbocycles. The average Bonchev–Trinajstić information content (AvgIpc) is 2.41. The molecule has 1 rings (SSSR count). The molecule has 0 bridgehead atoms. The Bertz CT molecular complexity index is 294. The van der Waals surface area contributed by atoms with Crippen LogP contribution in [0.15, 0.2) is 6.20 Å². The standard InChI is InChI=1S/C10H19N3O/c1-7(14)5-11-8(2)10-6-13(4)12-9(10)3/h6-8,11,14H,5H2,1-4H3. The average molecular weight is 197 g/mol. The number of aryl methyl sites for hydroxylation is 2. The predicted molar refractivity (Wildman–Crippen MR) is 56.0 cm³/mol. The van der Waals surface area contributed by atoms with Crippen molar-refractivity contribution in [3.63, 3.8) is 0 Å². The Labute approximate surface area is 84.9 Å². The molecule has 2 N–H and O–H groups in total. The van der Waals surface area contributed by atoms with Crippen LogP contribution in [0, 0.1) is 6.92 Å². The first-order valence-electron chi connectivity index (χ1n) is 4.92. The molecule has 2 atom stereocenters. The van der Waals surface area contributed by atoms with Gasteiger partial charge in [-0.1, -0.05) is 0 Å². The van der Waals surface area contributed by atoms with Gasteiger partial charge < -0.3 is 10.4 Å². The third kappa shape index (κ3) is 2.82. The molecule has 4 nitrogen and oxygen atoms in total. The molecule has 2 unspecified atom stereocenters. The molecule has 1 heterocycles. The summed E-state index contributed by atoms with van der Waals surface area (Å²) in [7, 11) is 1.91. The van der Waals surface area contributed by atoms with Gasteiger partial charge in [0.05, 0.1) is 11.8 Å². The Morgan fingerprint density at radius 1 is 1.57 bits per heavy atom. The molecule has 0 saturated heterocycles. The van der Waals surface area contributed by atoms with E-state index in [1.54, 1.807) is 6.92 Å². The lowest BCUT2D eigenvalue weighted by atomic mass is 10.1. The molecule has 0 amide bonds. The Morgan fingerprint density at radius 2 is 2.21 bits per heavy atom. The van der Waals surface area contributed by atoms with E-state index in [4.69, 9.17) is 5.11 Å². The van der Waals surface area contributed by atoms with Gasteiger partial charge in [0, 0.05) is 31.4 Å². The molecule has 4 heteroatoms. The molecule has 0 aliphatic rings. The van der Waals surface area contributed by atoms with Crippen molar-refractivity contribution in [3.8, 4) is 0 Å². The Hall–Kier alpha value is -0.870. The van der Waals surface area contributed by atoms with Crippen molar-refractivity contribution in [2.75, 3.05) is 6.54 Å². The van der Waals surface area contributed by atoms with E-state index in [1.165, 1.54) is 5.56 Å². The molecule has 0 fully saturated rings. The number of nitrogens with zero attached hydrogens (tertiary/aromatic N) is 2. The molecule has 0 radical (unpaired) electrons. The van der Waals surface area contributed by atoms with E-state index in [-0.39, 0.29) is 12.1 Å². The molecule has 80 valence electrons. The minimum absolute atomic E-state index is 0.235. The highest BCUT2D eigenvalue weighted by molar-refractivity contribution is 5.19. The lowest BCUT2D eigenvalue weighted by Gasteiger charge is -2.14. The maximum absolute atomic E-state index is 9.14. The monoisotopic (exact) mass is 197 g/mol. The summed E-state index contributed by atoms with van der Waals surface area (Å²) in [5.74, 6) is 0. The second-order valence-electron chi connectivity index (χ2n) is 3.82. The number of nitrogens with one attached hydrogen (secondary N) is 1. The van der Waals surface area contributed by atoms with Gasteiger partial charge in [-0.25, -0.2) is 0 Å². The van der Waals surface area contributed by atoms with E-state index in [0.29, 0.717) is 6.54 Å². The second-order valence-corrected chi connectivity index (χ2v) is 3.82. The minimum Gasteiger partial charge on any atom is -0.392 e. The number of hydrogen-bond donors (Lipinski definition) is 2. The Morgan fingerprint density at radius 3 is 2.64 bits per heavy atom. The van der Waals surface area contributed by atoms with E-state index < -0.39 is 0 Å². The molecule has 0 saturated carbocycles. The van der Waals surface area contributed by atoms with Crippen molar-refractivity contribution in [1.29, 1.82) is 0 Å². The van der Waals surface area contributed by atoms with Crippen LogP contribution in [0.2, 0.25) is 0 Å². The molecular weight excluding hydrogens is 178 g/mol. The lowest BCUT2D eigenvalue weighted by molar-refractivity contribution is 0.187. The molecular formula is C10H19N3O. The summed E-state index contributed by atoms with van der Waals surface area (Å²) in [5.41, 5.74) is 2.23. The SMILES string of the molecule is Cc1nn(C)cc1C(C)NCC(C)O. The zero-order chi connectivity index (χ0) is 10.7. The molecule has 0 spiro atoms. The Kier molecular flexibility index (Phi) is 3.66. The summed E-state index contributed by atoms with van der Waals surface area (Å²) in [6.45, 7) is 6.45. The smallest absolute Gasteiger partial charge is 0.0641 e. The van der Waals surface area contributed by atoms with Crippen LogP contribution >= 0.6 is 0 Å². The zero-order valence-electron chi connectivity index (χ0n) is 9.28. The van der Waals surface area contributed by atoms with Gasteiger partial charge in [0.25, 0.3) is 0 Å². The van der Waals surface area contributed by atoms with Gasteiger partial charge in [-0.15, -0.1) is 0 Å². The quantitative estimate of drug-likeness (QED) is 0.749. The first-order chi connectivity index (χ1) is 6.50. The van der Waals surface area contributed by atoms with Gasteiger partial charge >= 0.3 is 0 Å². The molecule has 14 heavy (non-hydrogen) atoms. The summed E-state index contributed by atoms with van der Waals surface area (Å²) in [6.07, 6.45) is 1.70. The number of aromatic nitrogens is 2. The van der Waals surface area contributed by atoms with Crippen molar-refractivity contribution in [2.45, 2.75) is 32.9 Å². The largest absolute Gasteiger partial charge is 0.392 e. The Balaban J connectivity index is 2.60. The maximum Gasteiger partial charge on any atom is 0.0641 e. The highest BCUT2D eigenvalue weighted by Crippen LogP contribution is 2.14. The van der Waals surface area contributed by atoms with Crippen LogP contribution in [0.4, 0.5) is 0 Å². The highest BCUT2D eigenvalue weighted by atomic mass is 16.3. The number of aliphatic hydroxyl groups excluding tert-OH is 1. The maximum atomic E-state index is 9.14. The van der Waals surface area contributed by atoms with Crippen molar-refractivity contribution >= 4 is 0 Å². The first-order valence-corrected chi connectivity index (χ1v) is 4.92. The van der Waals surface area contributed by atoms with Crippen molar-refractivity contribution in [3.05, 3.63) is 17.5 Å². The van der Waals surface area contributed by atoms with E-state index in [1.807, 2.05) is 24.9 Å². The normalized spacial score (nSPS) is 15.5. The fourth-order valence-electron chi connectivity index (χ4n) is 1.50. The summed E-state index contributed by atoms with van der Waals surface area (Å²) in [6, 6.07) is 0.235. The highest BCUT2D eigenvalue weighted by Gasteiger charge is 2.11. The van der Waals surface area contributed by atoms with E-state index in [9.17, 15) is 0 Å². The van der Waals surface area contributed by atoms with Crippen LogP contribution in [-0.2, 0) is 7.05 Å². The minimum atomic E-state index is -0.311. The number of aliphatic hydroxyl groups is 1.